The molecule has 0 saturated carbocycles. The van der Waals surface area contributed by atoms with Gasteiger partial charge >= 0.3 is 0 Å². The minimum Gasteiger partial charge on any atom is -0.265 e. The summed E-state index contributed by atoms with van der Waals surface area (Å²) in [6, 6.07) is 12.8. The van der Waals surface area contributed by atoms with Gasteiger partial charge in [-0.15, -0.1) is 0 Å². The summed E-state index contributed by atoms with van der Waals surface area (Å²) in [7, 11) is 0. The molecule has 0 unspecified atom stereocenters. The van der Waals surface area contributed by atoms with Gasteiger partial charge in [-0.25, -0.2) is 0 Å². The molecule has 0 fully saturated rings. The van der Waals surface area contributed by atoms with Crippen LogP contribution in [0.1, 0.15) is 39.2 Å². The van der Waals surface area contributed by atoms with E-state index in [1.54, 1.807) is 0 Å². The van der Waals surface area contributed by atoms with Crippen molar-refractivity contribution in [3.8, 4) is 11.1 Å². The first-order valence-electron chi connectivity index (χ1n) is 6.28. The van der Waals surface area contributed by atoms with Crippen LogP contribution in [0.15, 0.2) is 48.8 Å². The third-order valence-electron chi connectivity index (χ3n) is 2.57. The molecule has 1 heteroatoms. The molecule has 1 aromatic heterocycles. The van der Waals surface area contributed by atoms with Crippen molar-refractivity contribution in [2.24, 2.45) is 0 Å². The largest absolute Gasteiger partial charge is 0.265 e. The Hall–Kier alpha value is -1.63. The summed E-state index contributed by atoms with van der Waals surface area (Å²) in [4.78, 5) is 4.03. The van der Waals surface area contributed by atoms with Crippen LogP contribution in [0.3, 0.4) is 0 Å². The number of pyridine rings is 1. The van der Waals surface area contributed by atoms with Gasteiger partial charge in [0, 0.05) is 12.4 Å². The molecule has 0 atom stereocenters. The Morgan fingerprint density at radius 3 is 2.12 bits per heavy atom. The summed E-state index contributed by atoms with van der Waals surface area (Å²) in [5.41, 5.74) is 3.88. The Bertz CT molecular complexity index is 432. The lowest BCUT2D eigenvalue weighted by atomic mass is 9.98. The minimum atomic E-state index is 0.576. The summed E-state index contributed by atoms with van der Waals surface area (Å²) < 4.78 is 0. The van der Waals surface area contributed by atoms with Gasteiger partial charge < -0.3 is 0 Å². The van der Waals surface area contributed by atoms with Gasteiger partial charge in [-0.3, -0.25) is 4.98 Å². The Kier molecular flexibility index (Phi) is 5.41. The summed E-state index contributed by atoms with van der Waals surface area (Å²) >= 11 is 0. The lowest BCUT2D eigenvalue weighted by Gasteiger charge is -2.07. The van der Waals surface area contributed by atoms with E-state index >= 15 is 0 Å². The van der Waals surface area contributed by atoms with E-state index in [4.69, 9.17) is 0 Å². The van der Waals surface area contributed by atoms with E-state index in [1.807, 2.05) is 38.4 Å². The quantitative estimate of drug-likeness (QED) is 0.711. The van der Waals surface area contributed by atoms with Crippen LogP contribution in [0.2, 0.25) is 0 Å². The van der Waals surface area contributed by atoms with Gasteiger partial charge in [0.2, 0.25) is 0 Å². The molecule has 1 nitrogen and oxygen atoms in total. The van der Waals surface area contributed by atoms with Crippen LogP contribution in [-0.2, 0) is 0 Å². The van der Waals surface area contributed by atoms with Crippen molar-refractivity contribution in [3.05, 3.63) is 54.4 Å². The second-order valence-electron chi connectivity index (χ2n) is 4.02. The van der Waals surface area contributed by atoms with Crippen LogP contribution >= 0.6 is 0 Å². The molecule has 0 spiro atoms. The summed E-state index contributed by atoms with van der Waals surface area (Å²) in [6.07, 6.45) is 3.66. The molecule has 0 N–H and O–H groups in total. The van der Waals surface area contributed by atoms with Gasteiger partial charge in [-0.2, -0.15) is 0 Å². The van der Waals surface area contributed by atoms with Crippen LogP contribution in [0.4, 0.5) is 0 Å². The fourth-order valence-corrected chi connectivity index (χ4v) is 1.62. The molecular formula is C16H21N. The van der Waals surface area contributed by atoms with Gasteiger partial charge in [0.25, 0.3) is 0 Å². The molecule has 1 heterocycles. The van der Waals surface area contributed by atoms with E-state index in [0.717, 1.165) is 0 Å². The average Bonchev–Trinajstić information content (AvgIpc) is 2.42. The third kappa shape index (κ3) is 3.70. The molecule has 17 heavy (non-hydrogen) atoms. The van der Waals surface area contributed by atoms with Crippen molar-refractivity contribution in [1.29, 1.82) is 0 Å². The molecule has 2 aromatic rings. The molecule has 0 aliphatic rings. The van der Waals surface area contributed by atoms with Crippen LogP contribution in [0.25, 0.3) is 11.1 Å². The standard InChI is InChI=1S/C14H15N.C2H6/c1-11(2)13-4-3-5-14(10-13)12-6-8-15-9-7-12;1-2/h3-11H,1-2H3;1-2H3. The molecule has 0 bridgehead atoms. The SMILES string of the molecule is CC.CC(C)c1cccc(-c2ccncc2)c1. The molecule has 0 radical (unpaired) electrons. The molecule has 1 aromatic carbocycles. The van der Waals surface area contributed by atoms with E-state index in [2.05, 4.69) is 43.1 Å². The zero-order valence-electron chi connectivity index (χ0n) is 11.1. The second-order valence-corrected chi connectivity index (χ2v) is 4.02. The van der Waals surface area contributed by atoms with Gasteiger partial charge in [0.15, 0.2) is 0 Å². The maximum Gasteiger partial charge on any atom is 0.0273 e. The molecule has 90 valence electrons. The predicted molar refractivity (Wildman–Crippen MR) is 75.1 cm³/mol. The maximum atomic E-state index is 4.03. The first-order chi connectivity index (χ1) is 8.27. The number of rotatable bonds is 2. The van der Waals surface area contributed by atoms with Crippen molar-refractivity contribution in [1.82, 2.24) is 4.98 Å². The van der Waals surface area contributed by atoms with E-state index in [0.29, 0.717) is 5.92 Å². The van der Waals surface area contributed by atoms with Crippen molar-refractivity contribution < 1.29 is 0 Å². The average molecular weight is 227 g/mol. The lowest BCUT2D eigenvalue weighted by molar-refractivity contribution is 0.867. The monoisotopic (exact) mass is 227 g/mol. The maximum absolute atomic E-state index is 4.03. The van der Waals surface area contributed by atoms with Crippen molar-refractivity contribution in [2.45, 2.75) is 33.6 Å². The first-order valence-corrected chi connectivity index (χ1v) is 6.28. The fourth-order valence-electron chi connectivity index (χ4n) is 1.62. The second kappa shape index (κ2) is 6.85. The van der Waals surface area contributed by atoms with Crippen LogP contribution in [0.5, 0.6) is 0 Å². The van der Waals surface area contributed by atoms with E-state index in [-0.39, 0.29) is 0 Å². The Morgan fingerprint density at radius 1 is 0.882 bits per heavy atom. The molecule has 0 aliphatic carbocycles. The highest BCUT2D eigenvalue weighted by atomic mass is 14.6. The Morgan fingerprint density at radius 2 is 1.53 bits per heavy atom. The molecule has 0 aliphatic heterocycles. The highest BCUT2D eigenvalue weighted by Gasteiger charge is 2.01. The lowest BCUT2D eigenvalue weighted by Crippen LogP contribution is -1.87. The fraction of sp³-hybridized carbons (Fsp3) is 0.312. The minimum absolute atomic E-state index is 0.576. The van der Waals surface area contributed by atoms with Crippen LogP contribution < -0.4 is 0 Å². The zero-order chi connectivity index (χ0) is 12.7. The predicted octanol–water partition coefficient (Wildman–Crippen LogP) is 4.90. The van der Waals surface area contributed by atoms with Crippen LogP contribution in [-0.4, -0.2) is 4.98 Å². The summed E-state index contributed by atoms with van der Waals surface area (Å²) in [5, 5.41) is 0. The number of aromatic nitrogens is 1. The van der Waals surface area contributed by atoms with E-state index in [1.165, 1.54) is 16.7 Å². The molecular weight excluding hydrogens is 206 g/mol. The highest BCUT2D eigenvalue weighted by molar-refractivity contribution is 5.63. The number of benzene rings is 1. The number of hydrogen-bond donors (Lipinski definition) is 0. The Balaban J connectivity index is 0.000000686. The van der Waals surface area contributed by atoms with Crippen LogP contribution in [0, 0.1) is 0 Å². The third-order valence-corrected chi connectivity index (χ3v) is 2.57. The number of nitrogens with zero attached hydrogens (tertiary/aromatic N) is 1. The van der Waals surface area contributed by atoms with Gasteiger partial charge in [0.1, 0.15) is 0 Å². The molecule has 2 rings (SSSR count). The Labute approximate surface area is 105 Å². The topological polar surface area (TPSA) is 12.9 Å². The summed E-state index contributed by atoms with van der Waals surface area (Å²) in [6.45, 7) is 8.43. The zero-order valence-corrected chi connectivity index (χ0v) is 11.1. The van der Waals surface area contributed by atoms with E-state index < -0.39 is 0 Å². The van der Waals surface area contributed by atoms with Gasteiger partial charge in [-0.05, 0) is 34.7 Å². The first kappa shape index (κ1) is 13.4. The van der Waals surface area contributed by atoms with E-state index in [9.17, 15) is 0 Å². The smallest absolute Gasteiger partial charge is 0.0273 e. The molecule has 0 amide bonds. The van der Waals surface area contributed by atoms with Gasteiger partial charge in [0.05, 0.1) is 0 Å². The summed E-state index contributed by atoms with van der Waals surface area (Å²) in [5.74, 6) is 0.576. The van der Waals surface area contributed by atoms with Crippen molar-refractivity contribution in [3.63, 3.8) is 0 Å². The van der Waals surface area contributed by atoms with Gasteiger partial charge in [-0.1, -0.05) is 52.0 Å². The normalized spacial score (nSPS) is 9.71. The molecule has 0 saturated heterocycles. The van der Waals surface area contributed by atoms with Crippen molar-refractivity contribution >= 4 is 0 Å². The van der Waals surface area contributed by atoms with Crippen molar-refractivity contribution in [2.75, 3.05) is 0 Å². The highest BCUT2D eigenvalue weighted by Crippen LogP contribution is 2.23. The number of hydrogen-bond acceptors (Lipinski definition) is 1.